The van der Waals surface area contributed by atoms with Crippen LogP contribution in [0.1, 0.15) is 23.7 Å². The van der Waals surface area contributed by atoms with Crippen LogP contribution in [0.25, 0.3) is 0 Å². The van der Waals surface area contributed by atoms with E-state index in [0.29, 0.717) is 17.8 Å². The third-order valence-corrected chi connectivity index (χ3v) is 2.45. The van der Waals surface area contributed by atoms with Crippen LogP contribution in [0.3, 0.4) is 0 Å². The predicted molar refractivity (Wildman–Crippen MR) is 67.6 cm³/mol. The zero-order valence-electron chi connectivity index (χ0n) is 10.7. The molecule has 0 aromatic carbocycles. The van der Waals surface area contributed by atoms with Gasteiger partial charge >= 0.3 is 5.97 Å². The number of carbonyl (C=O) groups is 2. The van der Waals surface area contributed by atoms with Gasteiger partial charge in [0, 0.05) is 20.3 Å². The van der Waals surface area contributed by atoms with Crippen LogP contribution in [0.5, 0.6) is 0 Å². The molecule has 6 heteroatoms. The highest BCUT2D eigenvalue weighted by molar-refractivity contribution is 5.93. The molecule has 0 aliphatic carbocycles. The molecule has 0 aliphatic rings. The van der Waals surface area contributed by atoms with Gasteiger partial charge in [-0.15, -0.1) is 0 Å². The topological polar surface area (TPSA) is 82.5 Å². The molecule has 1 heterocycles. The molecule has 0 bridgehead atoms. The summed E-state index contributed by atoms with van der Waals surface area (Å²) in [7, 11) is 3.32. The summed E-state index contributed by atoms with van der Waals surface area (Å²) in [6.45, 7) is 1.77. The number of carboxylic acid groups (broad SMARTS) is 1. The number of carbonyl (C=O) groups excluding carboxylic acids is 1. The minimum absolute atomic E-state index is 0.140. The van der Waals surface area contributed by atoms with Crippen molar-refractivity contribution in [1.29, 1.82) is 0 Å². The minimum Gasteiger partial charge on any atom is -0.480 e. The predicted octanol–water partition coefficient (Wildman–Crippen LogP) is 1.06. The Morgan fingerprint density at radius 3 is 2.50 bits per heavy atom. The Morgan fingerprint density at radius 2 is 2.11 bits per heavy atom. The molecule has 0 saturated carbocycles. The van der Waals surface area contributed by atoms with Gasteiger partial charge in [-0.05, 0) is 18.6 Å². The summed E-state index contributed by atoms with van der Waals surface area (Å²) in [5, 5.41) is 11.7. The van der Waals surface area contributed by atoms with Crippen LogP contribution in [-0.4, -0.2) is 47.0 Å². The number of pyridine rings is 1. The van der Waals surface area contributed by atoms with Crippen LogP contribution >= 0.6 is 0 Å². The van der Waals surface area contributed by atoms with Crippen molar-refractivity contribution in [2.45, 2.75) is 19.4 Å². The lowest BCUT2D eigenvalue weighted by atomic mass is 10.2. The molecular formula is C12H17N3O3. The first kappa shape index (κ1) is 14.0. The van der Waals surface area contributed by atoms with Crippen LogP contribution in [0.2, 0.25) is 0 Å². The third-order valence-electron chi connectivity index (χ3n) is 2.45. The summed E-state index contributed by atoms with van der Waals surface area (Å²) < 4.78 is 0. The largest absolute Gasteiger partial charge is 0.480 e. The minimum atomic E-state index is -0.923. The van der Waals surface area contributed by atoms with E-state index in [1.807, 2.05) is 0 Å². The van der Waals surface area contributed by atoms with Gasteiger partial charge in [-0.3, -0.25) is 4.79 Å². The average molecular weight is 251 g/mol. The van der Waals surface area contributed by atoms with E-state index in [2.05, 4.69) is 10.3 Å². The Morgan fingerprint density at radius 1 is 1.44 bits per heavy atom. The second-order valence-electron chi connectivity index (χ2n) is 4.08. The highest BCUT2D eigenvalue weighted by atomic mass is 16.4. The lowest BCUT2D eigenvalue weighted by Crippen LogP contribution is -2.28. The smallest absolute Gasteiger partial charge is 0.326 e. The fourth-order valence-corrected chi connectivity index (χ4v) is 1.38. The van der Waals surface area contributed by atoms with Crippen molar-refractivity contribution >= 4 is 17.7 Å². The molecule has 0 radical (unpaired) electrons. The molecule has 1 aromatic heterocycles. The van der Waals surface area contributed by atoms with Crippen molar-refractivity contribution in [2.24, 2.45) is 0 Å². The standard InChI is InChI=1S/C12H17N3O3/c1-4-9(12(17)18)14-10-6-5-8(7-13-10)11(16)15(2)3/h5-7,9H,4H2,1-3H3,(H,13,14)(H,17,18). The van der Waals surface area contributed by atoms with E-state index in [-0.39, 0.29) is 5.91 Å². The van der Waals surface area contributed by atoms with Crippen LogP contribution in [0.15, 0.2) is 18.3 Å². The van der Waals surface area contributed by atoms with Gasteiger partial charge in [0.05, 0.1) is 5.56 Å². The van der Waals surface area contributed by atoms with Crippen molar-refractivity contribution in [3.63, 3.8) is 0 Å². The van der Waals surface area contributed by atoms with E-state index >= 15 is 0 Å². The van der Waals surface area contributed by atoms with E-state index in [1.54, 1.807) is 33.2 Å². The summed E-state index contributed by atoms with van der Waals surface area (Å²) in [6.07, 6.45) is 1.88. The van der Waals surface area contributed by atoms with Gasteiger partial charge in [0.25, 0.3) is 5.91 Å². The number of anilines is 1. The molecule has 2 N–H and O–H groups in total. The molecule has 0 fully saturated rings. The highest BCUT2D eigenvalue weighted by Gasteiger charge is 2.15. The molecule has 18 heavy (non-hydrogen) atoms. The molecule has 1 aromatic rings. The number of hydrogen-bond acceptors (Lipinski definition) is 4. The van der Waals surface area contributed by atoms with Crippen LogP contribution in [0.4, 0.5) is 5.82 Å². The maximum absolute atomic E-state index is 11.6. The Labute approximate surface area is 106 Å². The number of carboxylic acids is 1. The van der Waals surface area contributed by atoms with Gasteiger partial charge < -0.3 is 15.3 Å². The summed E-state index contributed by atoms with van der Waals surface area (Å²) in [5.41, 5.74) is 0.467. The second kappa shape index (κ2) is 6.00. The van der Waals surface area contributed by atoms with Crippen molar-refractivity contribution in [3.05, 3.63) is 23.9 Å². The number of nitrogens with one attached hydrogen (secondary N) is 1. The SMILES string of the molecule is CCC(Nc1ccc(C(=O)N(C)C)cn1)C(=O)O. The average Bonchev–Trinajstić information content (AvgIpc) is 2.35. The number of aliphatic carboxylic acids is 1. The first-order chi connectivity index (χ1) is 8.45. The maximum Gasteiger partial charge on any atom is 0.326 e. The normalized spacial score (nSPS) is 11.7. The number of hydrogen-bond donors (Lipinski definition) is 2. The molecule has 1 rings (SSSR count). The monoisotopic (exact) mass is 251 g/mol. The van der Waals surface area contributed by atoms with Gasteiger partial charge in [0.1, 0.15) is 11.9 Å². The van der Waals surface area contributed by atoms with E-state index in [0.717, 1.165) is 0 Å². The molecular weight excluding hydrogens is 234 g/mol. The number of rotatable bonds is 5. The Bertz CT molecular complexity index is 429. The third kappa shape index (κ3) is 3.44. The molecule has 0 aliphatic heterocycles. The summed E-state index contributed by atoms with van der Waals surface area (Å²) in [4.78, 5) is 27.9. The fraction of sp³-hybridized carbons (Fsp3) is 0.417. The van der Waals surface area contributed by atoms with E-state index in [9.17, 15) is 9.59 Å². The Hall–Kier alpha value is -2.11. The summed E-state index contributed by atoms with van der Waals surface area (Å²) >= 11 is 0. The number of aromatic nitrogens is 1. The van der Waals surface area contributed by atoms with Gasteiger partial charge in [-0.1, -0.05) is 6.92 Å². The van der Waals surface area contributed by atoms with Crippen LogP contribution < -0.4 is 5.32 Å². The quantitative estimate of drug-likeness (QED) is 0.817. The fourth-order valence-electron chi connectivity index (χ4n) is 1.38. The van der Waals surface area contributed by atoms with E-state index in [4.69, 9.17) is 5.11 Å². The van der Waals surface area contributed by atoms with E-state index < -0.39 is 12.0 Å². The molecule has 98 valence electrons. The maximum atomic E-state index is 11.6. The number of nitrogens with zero attached hydrogens (tertiary/aromatic N) is 2. The Balaban J connectivity index is 2.77. The van der Waals surface area contributed by atoms with Gasteiger partial charge in [0.2, 0.25) is 0 Å². The van der Waals surface area contributed by atoms with Gasteiger partial charge in [-0.25, -0.2) is 9.78 Å². The highest BCUT2D eigenvalue weighted by Crippen LogP contribution is 2.09. The molecule has 0 spiro atoms. The zero-order valence-corrected chi connectivity index (χ0v) is 10.7. The second-order valence-corrected chi connectivity index (χ2v) is 4.08. The van der Waals surface area contributed by atoms with E-state index in [1.165, 1.54) is 11.1 Å². The lowest BCUT2D eigenvalue weighted by Gasteiger charge is -2.14. The van der Waals surface area contributed by atoms with Crippen molar-refractivity contribution in [1.82, 2.24) is 9.88 Å². The molecule has 6 nitrogen and oxygen atoms in total. The Kier molecular flexibility index (Phi) is 4.65. The van der Waals surface area contributed by atoms with Crippen molar-refractivity contribution in [2.75, 3.05) is 19.4 Å². The van der Waals surface area contributed by atoms with Gasteiger partial charge in [0.15, 0.2) is 0 Å². The summed E-state index contributed by atoms with van der Waals surface area (Å²) in [6, 6.07) is 2.54. The summed E-state index contributed by atoms with van der Waals surface area (Å²) in [5.74, 6) is -0.619. The first-order valence-corrected chi connectivity index (χ1v) is 5.62. The molecule has 1 atom stereocenters. The molecule has 1 unspecified atom stereocenters. The first-order valence-electron chi connectivity index (χ1n) is 5.62. The zero-order chi connectivity index (χ0) is 13.7. The van der Waals surface area contributed by atoms with Crippen molar-refractivity contribution in [3.8, 4) is 0 Å². The molecule has 1 amide bonds. The lowest BCUT2D eigenvalue weighted by molar-refractivity contribution is -0.137. The number of amides is 1. The van der Waals surface area contributed by atoms with Crippen molar-refractivity contribution < 1.29 is 14.7 Å². The molecule has 0 saturated heterocycles. The van der Waals surface area contributed by atoms with Gasteiger partial charge in [-0.2, -0.15) is 0 Å². The van der Waals surface area contributed by atoms with Crippen LogP contribution in [0, 0.1) is 0 Å². The van der Waals surface area contributed by atoms with Crippen LogP contribution in [-0.2, 0) is 4.79 Å².